The van der Waals surface area contributed by atoms with Gasteiger partial charge in [-0.25, -0.2) is 9.69 Å². The smallest absolute Gasteiger partial charge is 0.417 e. The number of imide groups is 1. The lowest BCUT2D eigenvalue weighted by Gasteiger charge is -2.34. The number of likely N-dealkylation sites (tertiary alicyclic amines) is 1. The molecule has 1 aromatic rings. The van der Waals surface area contributed by atoms with Gasteiger partial charge in [-0.1, -0.05) is 43.7 Å². The summed E-state index contributed by atoms with van der Waals surface area (Å²) in [7, 11) is 0. The summed E-state index contributed by atoms with van der Waals surface area (Å²) < 4.78 is 5.24. The van der Waals surface area contributed by atoms with Gasteiger partial charge in [0, 0.05) is 12.5 Å². The third kappa shape index (κ3) is 3.38. The lowest BCUT2D eigenvalue weighted by molar-refractivity contribution is -0.135. The number of amides is 2. The second-order valence-corrected chi connectivity index (χ2v) is 5.37. The fourth-order valence-corrected chi connectivity index (χ4v) is 2.64. The van der Waals surface area contributed by atoms with Crippen molar-refractivity contribution in [2.24, 2.45) is 5.92 Å². The first kappa shape index (κ1) is 14.6. The Morgan fingerprint density at radius 1 is 1.35 bits per heavy atom. The Hall–Kier alpha value is -1.84. The van der Waals surface area contributed by atoms with Crippen LogP contribution in [0, 0.1) is 5.92 Å². The first-order valence-electron chi connectivity index (χ1n) is 7.14. The summed E-state index contributed by atoms with van der Waals surface area (Å²) in [5.74, 6) is 0.268. The van der Waals surface area contributed by atoms with E-state index in [2.05, 4.69) is 6.92 Å². The molecule has 108 valence electrons. The third-order valence-corrected chi connectivity index (χ3v) is 3.83. The summed E-state index contributed by atoms with van der Waals surface area (Å²) in [5.41, 5.74) is 0.921. The molecule has 2 atom stereocenters. The number of benzene rings is 1. The van der Waals surface area contributed by atoms with Crippen LogP contribution in [-0.2, 0) is 16.1 Å². The highest BCUT2D eigenvalue weighted by atomic mass is 16.6. The summed E-state index contributed by atoms with van der Waals surface area (Å²) >= 11 is 0. The van der Waals surface area contributed by atoms with Crippen molar-refractivity contribution < 1.29 is 14.3 Å². The number of carbonyl (C=O) groups excluding carboxylic acids is 2. The Morgan fingerprint density at radius 3 is 2.65 bits per heavy atom. The highest BCUT2D eigenvalue weighted by molar-refractivity contribution is 5.93. The largest absolute Gasteiger partial charge is 0.444 e. The minimum Gasteiger partial charge on any atom is -0.444 e. The molecular weight excluding hydrogens is 254 g/mol. The first-order valence-corrected chi connectivity index (χ1v) is 7.14. The van der Waals surface area contributed by atoms with Crippen molar-refractivity contribution >= 4 is 12.0 Å². The van der Waals surface area contributed by atoms with E-state index in [0.29, 0.717) is 12.3 Å². The highest BCUT2D eigenvalue weighted by Gasteiger charge is 2.35. The molecule has 0 aromatic heterocycles. The fourth-order valence-electron chi connectivity index (χ4n) is 2.64. The van der Waals surface area contributed by atoms with E-state index in [4.69, 9.17) is 4.74 Å². The van der Waals surface area contributed by atoms with Gasteiger partial charge in [0.25, 0.3) is 0 Å². The van der Waals surface area contributed by atoms with E-state index in [1.807, 2.05) is 37.3 Å². The Bertz CT molecular complexity index is 472. The van der Waals surface area contributed by atoms with Crippen molar-refractivity contribution in [3.05, 3.63) is 35.9 Å². The monoisotopic (exact) mass is 275 g/mol. The SMILES string of the molecule is CC[C@@H]1CC(=O)N(C(=O)OCc2ccccc2)C(C)C1. The first-order chi connectivity index (χ1) is 9.61. The van der Waals surface area contributed by atoms with Crippen LogP contribution < -0.4 is 0 Å². The summed E-state index contributed by atoms with van der Waals surface area (Å²) in [6.45, 7) is 4.19. The van der Waals surface area contributed by atoms with Crippen LogP contribution in [0.5, 0.6) is 0 Å². The molecule has 1 saturated heterocycles. The lowest BCUT2D eigenvalue weighted by Crippen LogP contribution is -2.48. The standard InChI is InChI=1S/C16H21NO3/c1-3-13-9-12(2)17(15(18)10-13)16(19)20-11-14-7-5-4-6-8-14/h4-8,12-13H,3,9-11H2,1-2H3/t12?,13-/m0/s1. The van der Waals surface area contributed by atoms with Gasteiger partial charge in [0.15, 0.2) is 0 Å². The molecule has 1 aliphatic rings. The van der Waals surface area contributed by atoms with Gasteiger partial charge in [-0.15, -0.1) is 0 Å². The molecule has 2 amide bonds. The number of rotatable bonds is 3. The second kappa shape index (κ2) is 6.55. The molecule has 0 radical (unpaired) electrons. The van der Waals surface area contributed by atoms with Crippen molar-refractivity contribution in [3.63, 3.8) is 0 Å². The molecule has 20 heavy (non-hydrogen) atoms. The van der Waals surface area contributed by atoms with Gasteiger partial charge in [0.2, 0.25) is 5.91 Å². The van der Waals surface area contributed by atoms with E-state index in [0.717, 1.165) is 18.4 Å². The maximum absolute atomic E-state index is 12.1. The van der Waals surface area contributed by atoms with Crippen molar-refractivity contribution in [3.8, 4) is 0 Å². The van der Waals surface area contributed by atoms with Crippen LogP contribution in [0.25, 0.3) is 0 Å². The summed E-state index contributed by atoms with van der Waals surface area (Å²) in [4.78, 5) is 25.4. The highest BCUT2D eigenvalue weighted by Crippen LogP contribution is 2.26. The molecule has 0 spiro atoms. The van der Waals surface area contributed by atoms with Crippen LogP contribution in [0.2, 0.25) is 0 Å². The van der Waals surface area contributed by atoms with Gasteiger partial charge in [0.1, 0.15) is 6.61 Å². The second-order valence-electron chi connectivity index (χ2n) is 5.37. The zero-order chi connectivity index (χ0) is 14.5. The molecule has 1 unspecified atom stereocenters. The van der Waals surface area contributed by atoms with Crippen LogP contribution in [-0.4, -0.2) is 22.9 Å². The molecule has 1 heterocycles. The average Bonchev–Trinajstić information content (AvgIpc) is 2.45. The zero-order valence-electron chi connectivity index (χ0n) is 12.0. The predicted octanol–water partition coefficient (Wildman–Crippen LogP) is 3.36. The number of nitrogens with zero attached hydrogens (tertiary/aromatic N) is 1. The Kier molecular flexibility index (Phi) is 4.77. The topological polar surface area (TPSA) is 46.6 Å². The summed E-state index contributed by atoms with van der Waals surface area (Å²) in [6.07, 6.45) is 1.76. The molecule has 4 nitrogen and oxygen atoms in total. The molecule has 1 aliphatic heterocycles. The Labute approximate surface area is 119 Å². The molecule has 0 bridgehead atoms. The number of hydrogen-bond donors (Lipinski definition) is 0. The maximum atomic E-state index is 12.1. The summed E-state index contributed by atoms with van der Waals surface area (Å²) in [6, 6.07) is 9.40. The Morgan fingerprint density at radius 2 is 2.05 bits per heavy atom. The van der Waals surface area contributed by atoms with Crippen molar-refractivity contribution in [1.29, 1.82) is 0 Å². The number of piperidine rings is 1. The molecule has 1 fully saturated rings. The quantitative estimate of drug-likeness (QED) is 0.849. The van der Waals surface area contributed by atoms with Gasteiger partial charge in [-0.2, -0.15) is 0 Å². The van der Waals surface area contributed by atoms with Crippen LogP contribution in [0.1, 0.15) is 38.7 Å². The predicted molar refractivity (Wildman–Crippen MR) is 76.0 cm³/mol. The van der Waals surface area contributed by atoms with E-state index in [1.54, 1.807) is 0 Å². The molecule has 0 N–H and O–H groups in total. The fraction of sp³-hybridized carbons (Fsp3) is 0.500. The molecule has 4 heteroatoms. The van der Waals surface area contributed by atoms with Gasteiger partial charge >= 0.3 is 6.09 Å². The van der Waals surface area contributed by atoms with Gasteiger partial charge < -0.3 is 4.74 Å². The average molecular weight is 275 g/mol. The lowest BCUT2D eigenvalue weighted by atomic mass is 9.89. The Balaban J connectivity index is 1.93. The van der Waals surface area contributed by atoms with Crippen LogP contribution in [0.3, 0.4) is 0 Å². The number of ether oxygens (including phenoxy) is 1. The van der Waals surface area contributed by atoms with Crippen molar-refractivity contribution in [1.82, 2.24) is 4.90 Å². The summed E-state index contributed by atoms with van der Waals surface area (Å²) in [5, 5.41) is 0. The van der Waals surface area contributed by atoms with Crippen molar-refractivity contribution in [2.45, 2.75) is 45.8 Å². The van der Waals surface area contributed by atoms with Gasteiger partial charge in [0.05, 0.1) is 0 Å². The number of hydrogen-bond acceptors (Lipinski definition) is 3. The van der Waals surface area contributed by atoms with Crippen LogP contribution in [0.4, 0.5) is 4.79 Å². The van der Waals surface area contributed by atoms with Crippen LogP contribution in [0.15, 0.2) is 30.3 Å². The molecular formula is C16H21NO3. The van der Waals surface area contributed by atoms with E-state index in [1.165, 1.54) is 4.90 Å². The van der Waals surface area contributed by atoms with E-state index >= 15 is 0 Å². The van der Waals surface area contributed by atoms with Gasteiger partial charge in [-0.05, 0) is 24.8 Å². The molecule has 0 saturated carbocycles. The minimum atomic E-state index is -0.527. The van der Waals surface area contributed by atoms with Gasteiger partial charge in [-0.3, -0.25) is 4.79 Å². The normalized spacial score (nSPS) is 22.7. The van der Waals surface area contributed by atoms with Crippen molar-refractivity contribution in [2.75, 3.05) is 0 Å². The minimum absolute atomic E-state index is 0.0792. The molecule has 2 rings (SSSR count). The van der Waals surface area contributed by atoms with E-state index < -0.39 is 6.09 Å². The van der Waals surface area contributed by atoms with Crippen LogP contribution >= 0.6 is 0 Å². The van der Waals surface area contributed by atoms with E-state index in [9.17, 15) is 9.59 Å². The molecule has 0 aliphatic carbocycles. The third-order valence-electron chi connectivity index (χ3n) is 3.83. The molecule has 1 aromatic carbocycles. The number of carbonyl (C=O) groups is 2. The van der Waals surface area contributed by atoms with E-state index in [-0.39, 0.29) is 18.6 Å². The zero-order valence-corrected chi connectivity index (χ0v) is 12.0. The maximum Gasteiger partial charge on any atom is 0.417 e.